The van der Waals surface area contributed by atoms with Gasteiger partial charge in [-0.3, -0.25) is 9.36 Å². The molecule has 0 fully saturated rings. The summed E-state index contributed by atoms with van der Waals surface area (Å²) in [7, 11) is 0. The summed E-state index contributed by atoms with van der Waals surface area (Å²) < 4.78 is 12.9. The highest BCUT2D eigenvalue weighted by Gasteiger charge is 1.90. The van der Waals surface area contributed by atoms with Crippen LogP contribution in [0.4, 0.5) is 4.39 Å². The minimum absolute atomic E-state index is 0.0900. The molecule has 1 heterocycles. The molecule has 10 heavy (non-hydrogen) atoms. The lowest BCUT2D eigenvalue weighted by Crippen LogP contribution is -2.19. The summed E-state index contributed by atoms with van der Waals surface area (Å²) in [5.41, 5.74) is -0.215. The molecule has 0 aliphatic heterocycles. The van der Waals surface area contributed by atoms with E-state index in [1.165, 1.54) is 23.2 Å². The summed E-state index contributed by atoms with van der Waals surface area (Å²) in [6.45, 7) is -0.446. The third-order valence-corrected chi connectivity index (χ3v) is 1.12. The van der Waals surface area contributed by atoms with Gasteiger partial charge in [-0.15, -0.1) is 0 Å². The fraction of sp³-hybridized carbons (Fsp3) is 0.333. The second-order valence-electron chi connectivity index (χ2n) is 1.80. The number of halogens is 1. The third-order valence-electron chi connectivity index (χ3n) is 1.12. The maximum absolute atomic E-state index is 11.7. The van der Waals surface area contributed by atoms with Crippen LogP contribution in [-0.2, 0) is 6.54 Å². The Balaban J connectivity index is 2.92. The number of aryl methyl sites for hydroxylation is 1. The Hall–Kier alpha value is -1.19. The van der Waals surface area contributed by atoms with Crippen molar-refractivity contribution < 1.29 is 4.39 Å². The smallest absolute Gasteiger partial charge is 0.253 e. The number of rotatable bonds is 2. The molecular weight excluding hydrogens is 135 g/mol. The minimum Gasteiger partial charge on any atom is -0.297 e. The number of hydrogen-bond donors (Lipinski definition) is 0. The molecule has 0 aliphatic carbocycles. The molecule has 0 spiro atoms. The molecule has 0 amide bonds. The van der Waals surface area contributed by atoms with E-state index in [9.17, 15) is 9.18 Å². The molecule has 0 atom stereocenters. The van der Waals surface area contributed by atoms with Crippen LogP contribution in [0.15, 0.2) is 23.4 Å². The first-order valence-corrected chi connectivity index (χ1v) is 2.91. The van der Waals surface area contributed by atoms with Gasteiger partial charge in [0.1, 0.15) is 6.67 Å². The van der Waals surface area contributed by atoms with Crippen LogP contribution in [-0.4, -0.2) is 16.2 Å². The molecule has 1 rings (SSSR count). The zero-order valence-corrected chi connectivity index (χ0v) is 5.33. The zero-order valence-electron chi connectivity index (χ0n) is 5.33. The largest absolute Gasteiger partial charge is 0.297 e. The summed E-state index contributed by atoms with van der Waals surface area (Å²) in [5, 5.41) is 0. The van der Waals surface area contributed by atoms with Crippen LogP contribution >= 0.6 is 0 Å². The summed E-state index contributed by atoms with van der Waals surface area (Å²) in [4.78, 5) is 14.4. The van der Waals surface area contributed by atoms with Gasteiger partial charge in [-0.1, -0.05) is 0 Å². The summed E-state index contributed by atoms with van der Waals surface area (Å²) in [6.07, 6.45) is 2.71. The second-order valence-corrected chi connectivity index (χ2v) is 1.80. The van der Waals surface area contributed by atoms with Crippen molar-refractivity contribution in [2.45, 2.75) is 6.54 Å². The van der Waals surface area contributed by atoms with Gasteiger partial charge in [-0.25, -0.2) is 9.37 Å². The van der Waals surface area contributed by atoms with Crippen LogP contribution in [0.5, 0.6) is 0 Å². The molecule has 0 unspecified atom stereocenters. The lowest BCUT2D eigenvalue weighted by atomic mass is 10.6. The molecule has 1 aromatic heterocycles. The molecule has 0 radical (unpaired) electrons. The van der Waals surface area contributed by atoms with Gasteiger partial charge in [0.2, 0.25) is 0 Å². The van der Waals surface area contributed by atoms with E-state index in [-0.39, 0.29) is 12.1 Å². The van der Waals surface area contributed by atoms with E-state index >= 15 is 0 Å². The quantitative estimate of drug-likeness (QED) is 0.591. The molecule has 54 valence electrons. The molecule has 4 heteroatoms. The molecule has 1 aromatic rings. The normalized spacial score (nSPS) is 9.70. The van der Waals surface area contributed by atoms with Crippen LogP contribution in [0.3, 0.4) is 0 Å². The lowest BCUT2D eigenvalue weighted by molar-refractivity contribution is 0.438. The first kappa shape index (κ1) is 6.92. The molecule has 0 aromatic carbocycles. The summed E-state index contributed by atoms with van der Waals surface area (Å²) in [6, 6.07) is 1.30. The number of aromatic nitrogens is 2. The molecule has 0 N–H and O–H groups in total. The van der Waals surface area contributed by atoms with Crippen LogP contribution in [0, 0.1) is 0 Å². The van der Waals surface area contributed by atoms with Crippen LogP contribution in [0.1, 0.15) is 0 Å². The fourth-order valence-electron chi connectivity index (χ4n) is 0.637. The Morgan fingerprint density at radius 2 is 2.50 bits per heavy atom. The third kappa shape index (κ3) is 1.40. The van der Waals surface area contributed by atoms with Gasteiger partial charge in [0.25, 0.3) is 5.56 Å². The molecular formula is C6H7FN2O. The standard InChI is InChI=1S/C6H7FN2O/c7-2-4-9-5-8-3-1-6(9)10/h1,3,5H,2,4H2. The van der Waals surface area contributed by atoms with Crippen molar-refractivity contribution in [3.8, 4) is 0 Å². The second kappa shape index (κ2) is 3.10. The number of hydrogen-bond acceptors (Lipinski definition) is 2. The topological polar surface area (TPSA) is 34.9 Å². The molecule has 0 saturated heterocycles. The summed E-state index contributed by atoms with van der Waals surface area (Å²) >= 11 is 0. The average molecular weight is 142 g/mol. The zero-order chi connectivity index (χ0) is 7.40. The highest BCUT2D eigenvalue weighted by Crippen LogP contribution is 1.77. The number of nitrogens with zero attached hydrogens (tertiary/aromatic N) is 2. The Bertz CT molecular complexity index is 258. The van der Waals surface area contributed by atoms with Crippen molar-refractivity contribution >= 4 is 0 Å². The Labute approximate surface area is 57.1 Å². The first-order valence-electron chi connectivity index (χ1n) is 2.91. The van der Waals surface area contributed by atoms with E-state index in [2.05, 4.69) is 4.98 Å². The molecule has 0 bridgehead atoms. The monoisotopic (exact) mass is 142 g/mol. The van der Waals surface area contributed by atoms with Crippen molar-refractivity contribution in [1.29, 1.82) is 0 Å². The van der Waals surface area contributed by atoms with Gasteiger partial charge in [0.05, 0.1) is 12.9 Å². The van der Waals surface area contributed by atoms with Crippen LogP contribution in [0.25, 0.3) is 0 Å². The van der Waals surface area contributed by atoms with Gasteiger partial charge >= 0.3 is 0 Å². The van der Waals surface area contributed by atoms with Crippen molar-refractivity contribution in [3.05, 3.63) is 28.9 Å². The van der Waals surface area contributed by atoms with Gasteiger partial charge in [0.15, 0.2) is 0 Å². The van der Waals surface area contributed by atoms with E-state index in [4.69, 9.17) is 0 Å². The van der Waals surface area contributed by atoms with Crippen molar-refractivity contribution in [1.82, 2.24) is 9.55 Å². The SMILES string of the molecule is O=c1ccncn1CCF. The maximum atomic E-state index is 11.7. The molecule has 0 aliphatic rings. The van der Waals surface area contributed by atoms with E-state index < -0.39 is 6.67 Å². The van der Waals surface area contributed by atoms with E-state index in [0.29, 0.717) is 0 Å². The predicted octanol–water partition coefficient (Wildman–Crippen LogP) is 0.213. The first-order chi connectivity index (χ1) is 4.84. The van der Waals surface area contributed by atoms with Gasteiger partial charge in [0, 0.05) is 12.3 Å². The van der Waals surface area contributed by atoms with Crippen molar-refractivity contribution in [3.63, 3.8) is 0 Å². The summed E-state index contributed by atoms with van der Waals surface area (Å²) in [5.74, 6) is 0. The van der Waals surface area contributed by atoms with Crippen molar-refractivity contribution in [2.24, 2.45) is 0 Å². The Morgan fingerprint density at radius 1 is 1.70 bits per heavy atom. The molecule has 3 nitrogen and oxygen atoms in total. The maximum Gasteiger partial charge on any atom is 0.253 e. The van der Waals surface area contributed by atoms with Crippen LogP contribution < -0.4 is 5.56 Å². The van der Waals surface area contributed by atoms with Crippen molar-refractivity contribution in [2.75, 3.05) is 6.67 Å². The van der Waals surface area contributed by atoms with E-state index in [1.807, 2.05) is 0 Å². The highest BCUT2D eigenvalue weighted by molar-refractivity contribution is 4.81. The number of alkyl halides is 1. The predicted molar refractivity (Wildman–Crippen MR) is 34.5 cm³/mol. The Kier molecular flexibility index (Phi) is 2.15. The van der Waals surface area contributed by atoms with E-state index in [1.54, 1.807) is 0 Å². The van der Waals surface area contributed by atoms with Gasteiger partial charge < -0.3 is 0 Å². The molecule has 0 saturated carbocycles. The average Bonchev–Trinajstić information content (AvgIpc) is 1.94. The highest BCUT2D eigenvalue weighted by atomic mass is 19.1. The lowest BCUT2D eigenvalue weighted by Gasteiger charge is -1.97. The fourth-order valence-corrected chi connectivity index (χ4v) is 0.637. The van der Waals surface area contributed by atoms with Crippen LogP contribution in [0.2, 0.25) is 0 Å². The van der Waals surface area contributed by atoms with Gasteiger partial charge in [-0.2, -0.15) is 0 Å². The minimum atomic E-state index is -0.536. The van der Waals surface area contributed by atoms with E-state index in [0.717, 1.165) is 0 Å². The Morgan fingerprint density at radius 3 is 3.10 bits per heavy atom. The van der Waals surface area contributed by atoms with Gasteiger partial charge in [-0.05, 0) is 0 Å².